The van der Waals surface area contributed by atoms with Crippen LogP contribution in [0.5, 0.6) is 11.5 Å². The largest absolute Gasteiger partial charge is 0.493 e. The summed E-state index contributed by atoms with van der Waals surface area (Å²) in [5.74, 6) is 2.41. The van der Waals surface area contributed by atoms with Crippen LogP contribution in [-0.4, -0.2) is 31.7 Å². The molecule has 4 rings (SSSR count). The lowest BCUT2D eigenvalue weighted by Crippen LogP contribution is -2.33. The van der Waals surface area contributed by atoms with Crippen molar-refractivity contribution in [2.24, 2.45) is 5.92 Å². The van der Waals surface area contributed by atoms with Crippen LogP contribution >= 0.6 is 0 Å². The molecule has 1 saturated heterocycles. The third-order valence-electron chi connectivity index (χ3n) is 5.77. The van der Waals surface area contributed by atoms with Crippen molar-refractivity contribution < 1.29 is 9.47 Å². The molecule has 0 aromatic heterocycles. The van der Waals surface area contributed by atoms with Crippen LogP contribution in [0.2, 0.25) is 0 Å². The van der Waals surface area contributed by atoms with E-state index in [9.17, 15) is 0 Å². The van der Waals surface area contributed by atoms with Gasteiger partial charge in [0.25, 0.3) is 0 Å². The van der Waals surface area contributed by atoms with E-state index in [1.807, 2.05) is 6.07 Å². The molecule has 146 valence electrons. The maximum Gasteiger partial charge on any atom is 0.161 e. The van der Waals surface area contributed by atoms with Gasteiger partial charge in [-0.15, -0.1) is 0 Å². The summed E-state index contributed by atoms with van der Waals surface area (Å²) in [5.41, 5.74) is 1.41. The summed E-state index contributed by atoms with van der Waals surface area (Å²) < 4.78 is 11.7. The Morgan fingerprint density at radius 2 is 1.50 bits per heavy atom. The van der Waals surface area contributed by atoms with Gasteiger partial charge in [-0.3, -0.25) is 4.90 Å². The van der Waals surface area contributed by atoms with Crippen LogP contribution in [-0.2, 0) is 6.54 Å². The van der Waals surface area contributed by atoms with Crippen molar-refractivity contribution in [3.8, 4) is 11.5 Å². The standard InChI is InChI=1S/C25H29NO2/c1-27-24-17-22-9-5-6-10-23(22)18-25(24)28-16-13-20-11-14-26(15-12-20)19-21-7-3-2-4-8-21/h2-10,17-18,20H,11-16,19H2,1H3. The molecule has 1 fully saturated rings. The third kappa shape index (κ3) is 4.66. The molecule has 1 aliphatic heterocycles. The quantitative estimate of drug-likeness (QED) is 0.542. The minimum absolute atomic E-state index is 0.748. The number of nitrogens with zero attached hydrogens (tertiary/aromatic N) is 1. The molecule has 0 spiro atoms. The number of likely N-dealkylation sites (tertiary alicyclic amines) is 1. The Balaban J connectivity index is 1.26. The molecule has 1 aliphatic rings. The second kappa shape index (κ2) is 9.11. The Morgan fingerprint density at radius 1 is 0.857 bits per heavy atom. The predicted octanol–water partition coefficient (Wildman–Crippen LogP) is 5.53. The highest BCUT2D eigenvalue weighted by Crippen LogP contribution is 2.33. The van der Waals surface area contributed by atoms with E-state index in [1.165, 1.54) is 42.3 Å². The second-order valence-corrected chi connectivity index (χ2v) is 7.69. The van der Waals surface area contributed by atoms with Gasteiger partial charge in [-0.2, -0.15) is 0 Å². The normalized spacial score (nSPS) is 15.6. The fourth-order valence-corrected chi connectivity index (χ4v) is 4.08. The number of piperidine rings is 1. The zero-order valence-corrected chi connectivity index (χ0v) is 16.6. The van der Waals surface area contributed by atoms with Gasteiger partial charge in [0.05, 0.1) is 13.7 Å². The summed E-state index contributed by atoms with van der Waals surface area (Å²) in [6, 6.07) is 23.3. The molecular formula is C25H29NO2. The number of hydrogen-bond donors (Lipinski definition) is 0. The van der Waals surface area contributed by atoms with Gasteiger partial charge in [0.15, 0.2) is 11.5 Å². The van der Waals surface area contributed by atoms with Crippen molar-refractivity contribution in [2.45, 2.75) is 25.8 Å². The number of methoxy groups -OCH3 is 1. The Morgan fingerprint density at radius 3 is 2.18 bits per heavy atom. The lowest BCUT2D eigenvalue weighted by molar-refractivity contribution is 0.157. The zero-order valence-electron chi connectivity index (χ0n) is 16.6. The first-order valence-electron chi connectivity index (χ1n) is 10.3. The summed E-state index contributed by atoms with van der Waals surface area (Å²) in [4.78, 5) is 2.57. The topological polar surface area (TPSA) is 21.7 Å². The molecule has 0 saturated carbocycles. The number of fused-ring (bicyclic) bond motifs is 1. The van der Waals surface area contributed by atoms with Gasteiger partial charge >= 0.3 is 0 Å². The lowest BCUT2D eigenvalue weighted by atomic mass is 9.93. The Hall–Kier alpha value is -2.52. The van der Waals surface area contributed by atoms with Crippen molar-refractivity contribution in [2.75, 3.05) is 26.8 Å². The zero-order chi connectivity index (χ0) is 19.2. The van der Waals surface area contributed by atoms with Crippen LogP contribution in [0.4, 0.5) is 0 Å². The Bertz CT molecular complexity index is 885. The molecule has 1 heterocycles. The molecule has 0 unspecified atom stereocenters. The first-order chi connectivity index (χ1) is 13.8. The Labute approximate surface area is 167 Å². The van der Waals surface area contributed by atoms with Crippen LogP contribution < -0.4 is 9.47 Å². The fraction of sp³-hybridized carbons (Fsp3) is 0.360. The number of hydrogen-bond acceptors (Lipinski definition) is 3. The van der Waals surface area contributed by atoms with Crippen LogP contribution in [0, 0.1) is 5.92 Å². The van der Waals surface area contributed by atoms with E-state index < -0.39 is 0 Å². The van der Waals surface area contributed by atoms with Gasteiger partial charge in [-0.1, -0.05) is 54.6 Å². The average molecular weight is 376 g/mol. The molecule has 0 aliphatic carbocycles. The highest BCUT2D eigenvalue weighted by atomic mass is 16.5. The van der Waals surface area contributed by atoms with Gasteiger partial charge in [0.2, 0.25) is 0 Å². The highest BCUT2D eigenvalue weighted by Gasteiger charge is 2.19. The van der Waals surface area contributed by atoms with E-state index >= 15 is 0 Å². The van der Waals surface area contributed by atoms with Crippen LogP contribution in [0.1, 0.15) is 24.8 Å². The predicted molar refractivity (Wildman–Crippen MR) is 115 cm³/mol. The maximum atomic E-state index is 6.12. The molecule has 0 amide bonds. The molecule has 3 aromatic rings. The van der Waals surface area contributed by atoms with Gasteiger partial charge in [-0.05, 0) is 66.7 Å². The first kappa shape index (κ1) is 18.8. The monoisotopic (exact) mass is 375 g/mol. The summed E-state index contributed by atoms with van der Waals surface area (Å²) in [5, 5.41) is 2.37. The van der Waals surface area contributed by atoms with Crippen molar-refractivity contribution in [3.63, 3.8) is 0 Å². The molecule has 0 N–H and O–H groups in total. The molecule has 3 aromatic carbocycles. The van der Waals surface area contributed by atoms with E-state index in [0.717, 1.165) is 37.0 Å². The number of rotatable bonds is 7. The lowest BCUT2D eigenvalue weighted by Gasteiger charge is -2.32. The average Bonchev–Trinajstić information content (AvgIpc) is 2.75. The molecule has 3 nitrogen and oxygen atoms in total. The molecular weight excluding hydrogens is 346 g/mol. The number of ether oxygens (including phenoxy) is 2. The van der Waals surface area contributed by atoms with Gasteiger partial charge < -0.3 is 9.47 Å². The minimum Gasteiger partial charge on any atom is -0.493 e. The summed E-state index contributed by atoms with van der Waals surface area (Å²) in [6.45, 7) is 4.17. The van der Waals surface area contributed by atoms with E-state index in [4.69, 9.17) is 9.47 Å². The van der Waals surface area contributed by atoms with Crippen molar-refractivity contribution in [1.82, 2.24) is 4.90 Å². The first-order valence-corrected chi connectivity index (χ1v) is 10.3. The molecule has 0 atom stereocenters. The number of benzene rings is 3. The van der Waals surface area contributed by atoms with Gasteiger partial charge in [0.1, 0.15) is 0 Å². The van der Waals surface area contributed by atoms with E-state index in [0.29, 0.717) is 0 Å². The van der Waals surface area contributed by atoms with E-state index in [-0.39, 0.29) is 0 Å². The second-order valence-electron chi connectivity index (χ2n) is 7.69. The molecule has 3 heteroatoms. The van der Waals surface area contributed by atoms with Crippen LogP contribution in [0.15, 0.2) is 66.7 Å². The maximum absolute atomic E-state index is 6.12. The van der Waals surface area contributed by atoms with Crippen LogP contribution in [0.3, 0.4) is 0 Å². The molecule has 0 bridgehead atoms. The van der Waals surface area contributed by atoms with Gasteiger partial charge in [-0.25, -0.2) is 0 Å². The Kier molecular flexibility index (Phi) is 6.13. The van der Waals surface area contributed by atoms with Gasteiger partial charge in [0, 0.05) is 6.54 Å². The minimum atomic E-state index is 0.748. The van der Waals surface area contributed by atoms with Crippen molar-refractivity contribution >= 4 is 10.8 Å². The SMILES string of the molecule is COc1cc2ccccc2cc1OCCC1CCN(Cc2ccccc2)CC1. The third-order valence-corrected chi connectivity index (χ3v) is 5.77. The fourth-order valence-electron chi connectivity index (χ4n) is 4.08. The van der Waals surface area contributed by atoms with Crippen molar-refractivity contribution in [1.29, 1.82) is 0 Å². The summed E-state index contributed by atoms with van der Waals surface area (Å²) in [7, 11) is 1.71. The van der Waals surface area contributed by atoms with E-state index in [2.05, 4.69) is 65.6 Å². The van der Waals surface area contributed by atoms with E-state index in [1.54, 1.807) is 7.11 Å². The molecule has 0 radical (unpaired) electrons. The smallest absolute Gasteiger partial charge is 0.161 e. The summed E-state index contributed by atoms with van der Waals surface area (Å²) >= 11 is 0. The molecule has 28 heavy (non-hydrogen) atoms. The van der Waals surface area contributed by atoms with Crippen LogP contribution in [0.25, 0.3) is 10.8 Å². The van der Waals surface area contributed by atoms with Crippen molar-refractivity contribution in [3.05, 3.63) is 72.3 Å². The highest BCUT2D eigenvalue weighted by molar-refractivity contribution is 5.86. The summed E-state index contributed by atoms with van der Waals surface area (Å²) in [6.07, 6.45) is 3.62.